The standard InChI is InChI=1S/C15H15BrS/c16-15(14-9-4-10-17-14)13-8-3-6-11-5-1-2-7-12(11)13/h1-2,4-5,7,9-10,13,15H,3,6,8H2. The lowest BCUT2D eigenvalue weighted by atomic mass is 9.81. The lowest BCUT2D eigenvalue weighted by Gasteiger charge is -2.28. The van der Waals surface area contributed by atoms with Crippen LogP contribution in [0.3, 0.4) is 0 Å². The molecule has 2 unspecified atom stereocenters. The number of halogens is 1. The molecule has 0 bridgehead atoms. The van der Waals surface area contributed by atoms with Gasteiger partial charge in [-0.2, -0.15) is 0 Å². The normalized spacial score (nSPS) is 20.9. The summed E-state index contributed by atoms with van der Waals surface area (Å²) >= 11 is 5.76. The van der Waals surface area contributed by atoms with Gasteiger partial charge >= 0.3 is 0 Å². The zero-order valence-electron chi connectivity index (χ0n) is 9.60. The number of alkyl halides is 1. The third kappa shape index (κ3) is 2.21. The molecule has 0 saturated heterocycles. The summed E-state index contributed by atoms with van der Waals surface area (Å²) in [6.07, 6.45) is 3.86. The minimum absolute atomic E-state index is 0.476. The van der Waals surface area contributed by atoms with E-state index in [4.69, 9.17) is 0 Å². The minimum atomic E-state index is 0.476. The largest absolute Gasteiger partial charge is 0.148 e. The van der Waals surface area contributed by atoms with Gasteiger partial charge in [-0.1, -0.05) is 46.3 Å². The van der Waals surface area contributed by atoms with E-state index >= 15 is 0 Å². The van der Waals surface area contributed by atoms with E-state index in [9.17, 15) is 0 Å². The molecule has 0 N–H and O–H groups in total. The zero-order chi connectivity index (χ0) is 11.7. The molecule has 0 nitrogen and oxygen atoms in total. The first kappa shape index (κ1) is 11.5. The molecule has 1 heterocycles. The Morgan fingerprint density at radius 3 is 2.88 bits per heavy atom. The van der Waals surface area contributed by atoms with Crippen LogP contribution in [-0.4, -0.2) is 0 Å². The van der Waals surface area contributed by atoms with Crippen molar-refractivity contribution in [3.63, 3.8) is 0 Å². The molecule has 0 radical (unpaired) electrons. The summed E-state index contributed by atoms with van der Waals surface area (Å²) < 4.78 is 0. The Morgan fingerprint density at radius 2 is 2.06 bits per heavy atom. The summed E-state index contributed by atoms with van der Waals surface area (Å²) in [4.78, 5) is 1.93. The third-order valence-electron chi connectivity index (χ3n) is 3.58. The van der Waals surface area contributed by atoms with Gasteiger partial charge in [0, 0.05) is 10.8 Å². The lowest BCUT2D eigenvalue weighted by Crippen LogP contribution is -2.13. The Bertz CT molecular complexity index is 489. The highest BCUT2D eigenvalue weighted by Crippen LogP contribution is 2.45. The van der Waals surface area contributed by atoms with Crippen molar-refractivity contribution in [3.8, 4) is 0 Å². The van der Waals surface area contributed by atoms with Crippen molar-refractivity contribution >= 4 is 27.3 Å². The van der Waals surface area contributed by atoms with E-state index in [-0.39, 0.29) is 0 Å². The predicted molar refractivity (Wildman–Crippen MR) is 78.1 cm³/mol. The molecule has 2 heteroatoms. The van der Waals surface area contributed by atoms with E-state index in [1.54, 1.807) is 11.1 Å². The maximum absolute atomic E-state index is 3.91. The summed E-state index contributed by atoms with van der Waals surface area (Å²) in [5.41, 5.74) is 3.10. The Hall–Kier alpha value is -0.600. The van der Waals surface area contributed by atoms with E-state index in [1.807, 2.05) is 11.3 Å². The molecule has 0 spiro atoms. The van der Waals surface area contributed by atoms with Crippen LogP contribution in [0.2, 0.25) is 0 Å². The molecule has 1 aliphatic carbocycles. The van der Waals surface area contributed by atoms with Gasteiger partial charge in [0.25, 0.3) is 0 Å². The van der Waals surface area contributed by atoms with Crippen LogP contribution in [-0.2, 0) is 6.42 Å². The van der Waals surface area contributed by atoms with Crippen LogP contribution in [0.15, 0.2) is 41.8 Å². The van der Waals surface area contributed by atoms with Crippen LogP contribution >= 0.6 is 27.3 Å². The van der Waals surface area contributed by atoms with Gasteiger partial charge in [0.2, 0.25) is 0 Å². The highest BCUT2D eigenvalue weighted by Gasteiger charge is 2.27. The van der Waals surface area contributed by atoms with Crippen molar-refractivity contribution in [2.24, 2.45) is 0 Å². The highest BCUT2D eigenvalue weighted by atomic mass is 79.9. The fourth-order valence-corrected chi connectivity index (χ4v) is 4.53. The molecule has 2 atom stereocenters. The van der Waals surface area contributed by atoms with Gasteiger partial charge in [0.15, 0.2) is 0 Å². The second-order valence-electron chi connectivity index (χ2n) is 4.61. The van der Waals surface area contributed by atoms with Gasteiger partial charge < -0.3 is 0 Å². The lowest BCUT2D eigenvalue weighted by molar-refractivity contribution is 0.550. The Balaban J connectivity index is 1.95. The van der Waals surface area contributed by atoms with E-state index < -0.39 is 0 Å². The van der Waals surface area contributed by atoms with Crippen LogP contribution in [0.25, 0.3) is 0 Å². The van der Waals surface area contributed by atoms with Gasteiger partial charge in [-0.05, 0) is 41.8 Å². The quantitative estimate of drug-likeness (QED) is 0.660. The van der Waals surface area contributed by atoms with Gasteiger partial charge in [-0.15, -0.1) is 11.3 Å². The van der Waals surface area contributed by atoms with Crippen LogP contribution in [0.4, 0.5) is 0 Å². The smallest absolute Gasteiger partial charge is 0.0557 e. The number of fused-ring (bicyclic) bond motifs is 1. The molecule has 3 rings (SSSR count). The molecular formula is C15H15BrS. The van der Waals surface area contributed by atoms with Crippen LogP contribution in [0.1, 0.15) is 39.6 Å². The van der Waals surface area contributed by atoms with Gasteiger partial charge in [0.1, 0.15) is 0 Å². The van der Waals surface area contributed by atoms with Crippen molar-refractivity contribution in [2.45, 2.75) is 30.0 Å². The molecule has 1 aromatic heterocycles. The first-order valence-electron chi connectivity index (χ1n) is 6.11. The van der Waals surface area contributed by atoms with E-state index in [0.717, 1.165) is 0 Å². The van der Waals surface area contributed by atoms with Crippen molar-refractivity contribution in [3.05, 3.63) is 57.8 Å². The van der Waals surface area contributed by atoms with Crippen LogP contribution < -0.4 is 0 Å². The molecular weight excluding hydrogens is 292 g/mol. The summed E-state index contributed by atoms with van der Waals surface area (Å²) in [6, 6.07) is 13.3. The fraction of sp³-hybridized carbons (Fsp3) is 0.333. The zero-order valence-corrected chi connectivity index (χ0v) is 12.0. The molecule has 0 amide bonds. The van der Waals surface area contributed by atoms with Crippen LogP contribution in [0.5, 0.6) is 0 Å². The first-order valence-corrected chi connectivity index (χ1v) is 7.91. The Labute approximate surface area is 115 Å². The first-order chi connectivity index (χ1) is 8.36. The average Bonchev–Trinajstić information content (AvgIpc) is 2.91. The van der Waals surface area contributed by atoms with Crippen molar-refractivity contribution in [2.75, 3.05) is 0 Å². The third-order valence-corrected chi connectivity index (χ3v) is 5.97. The fourth-order valence-electron chi connectivity index (χ4n) is 2.74. The van der Waals surface area contributed by atoms with Gasteiger partial charge in [-0.3, -0.25) is 0 Å². The Kier molecular flexibility index (Phi) is 3.34. The second-order valence-corrected chi connectivity index (χ2v) is 6.58. The molecule has 1 aromatic carbocycles. The summed E-state index contributed by atoms with van der Waals surface area (Å²) in [7, 11) is 0. The monoisotopic (exact) mass is 306 g/mol. The minimum Gasteiger partial charge on any atom is -0.148 e. The molecule has 0 aliphatic heterocycles. The van der Waals surface area contributed by atoms with Gasteiger partial charge in [-0.25, -0.2) is 0 Å². The maximum atomic E-state index is 3.91. The predicted octanol–water partition coefficient (Wildman–Crippen LogP) is 5.30. The van der Waals surface area contributed by atoms with Crippen molar-refractivity contribution in [1.82, 2.24) is 0 Å². The summed E-state index contributed by atoms with van der Waals surface area (Å²) in [5, 5.41) is 2.17. The Morgan fingerprint density at radius 1 is 1.18 bits per heavy atom. The van der Waals surface area contributed by atoms with E-state index in [1.165, 1.54) is 24.1 Å². The van der Waals surface area contributed by atoms with Gasteiger partial charge in [0.05, 0.1) is 4.83 Å². The molecule has 0 fully saturated rings. The molecule has 88 valence electrons. The summed E-state index contributed by atoms with van der Waals surface area (Å²) in [5.74, 6) is 0.638. The van der Waals surface area contributed by atoms with E-state index in [0.29, 0.717) is 10.7 Å². The van der Waals surface area contributed by atoms with Crippen LogP contribution in [0, 0.1) is 0 Å². The number of aryl methyl sites for hydroxylation is 1. The number of hydrogen-bond donors (Lipinski definition) is 0. The number of thiophene rings is 1. The average molecular weight is 307 g/mol. The molecule has 1 aliphatic rings. The maximum Gasteiger partial charge on any atom is 0.0557 e. The van der Waals surface area contributed by atoms with Crippen molar-refractivity contribution < 1.29 is 0 Å². The van der Waals surface area contributed by atoms with Crippen molar-refractivity contribution in [1.29, 1.82) is 0 Å². The number of benzene rings is 1. The molecule has 17 heavy (non-hydrogen) atoms. The summed E-state index contributed by atoms with van der Waals surface area (Å²) in [6.45, 7) is 0. The topological polar surface area (TPSA) is 0 Å². The molecule has 2 aromatic rings. The second kappa shape index (κ2) is 4.95. The van der Waals surface area contributed by atoms with E-state index in [2.05, 4.69) is 57.7 Å². The number of hydrogen-bond acceptors (Lipinski definition) is 1. The highest BCUT2D eigenvalue weighted by molar-refractivity contribution is 9.09. The number of rotatable bonds is 2. The SMILES string of the molecule is BrC(c1cccs1)C1CCCc2ccccc21. The molecule has 0 saturated carbocycles.